The Hall–Kier alpha value is -0.900. The molecule has 1 aliphatic carbocycles. The van der Waals surface area contributed by atoms with Gasteiger partial charge in [0, 0.05) is 0 Å². The summed E-state index contributed by atoms with van der Waals surface area (Å²) in [5, 5.41) is 0. The van der Waals surface area contributed by atoms with Crippen molar-refractivity contribution in [2.75, 3.05) is 0 Å². The number of epoxide rings is 1. The van der Waals surface area contributed by atoms with E-state index in [1.54, 1.807) is 0 Å². The second-order valence-electron chi connectivity index (χ2n) is 4.28. The molecule has 0 aromatic carbocycles. The topological polar surface area (TPSA) is 55.9 Å². The summed E-state index contributed by atoms with van der Waals surface area (Å²) < 4.78 is 9.96. The van der Waals surface area contributed by atoms with Gasteiger partial charge in [-0.1, -0.05) is 6.92 Å². The zero-order valence-corrected chi connectivity index (χ0v) is 7.33. The summed E-state index contributed by atoms with van der Waals surface area (Å²) in [6.45, 7) is 2.07. The number of rotatable bonds is 0. The van der Waals surface area contributed by atoms with Crippen molar-refractivity contribution in [2.45, 2.75) is 37.4 Å². The number of carbonyl (C=O) groups excluding carboxylic acids is 2. The molecule has 3 aliphatic rings. The minimum Gasteiger partial charge on any atom is -0.389 e. The molecule has 3 rings (SSSR count). The standard InChI is InChI=1S/C9H10O4/c1-5-2-3-8-6(10)12-7(11)9(8,4-5)13-8/h5H,2-4H2,1H3. The van der Waals surface area contributed by atoms with Crippen molar-refractivity contribution in [3.63, 3.8) is 0 Å². The van der Waals surface area contributed by atoms with E-state index < -0.39 is 23.1 Å². The maximum absolute atomic E-state index is 11.4. The van der Waals surface area contributed by atoms with E-state index in [4.69, 9.17) is 4.74 Å². The van der Waals surface area contributed by atoms with Gasteiger partial charge >= 0.3 is 11.9 Å². The van der Waals surface area contributed by atoms with Gasteiger partial charge in [0.2, 0.25) is 11.2 Å². The lowest BCUT2D eigenvalue weighted by molar-refractivity contribution is -0.163. The third kappa shape index (κ3) is 0.601. The normalized spacial score (nSPS) is 52.5. The fourth-order valence-electron chi connectivity index (χ4n) is 2.62. The molecule has 3 unspecified atom stereocenters. The van der Waals surface area contributed by atoms with E-state index in [0.717, 1.165) is 6.42 Å². The highest BCUT2D eigenvalue weighted by molar-refractivity contribution is 6.10. The first-order valence-corrected chi connectivity index (χ1v) is 4.58. The largest absolute Gasteiger partial charge is 0.389 e. The molecule has 13 heavy (non-hydrogen) atoms. The van der Waals surface area contributed by atoms with Crippen LogP contribution in [0.4, 0.5) is 0 Å². The maximum Gasteiger partial charge on any atom is 0.349 e. The molecule has 3 fully saturated rings. The van der Waals surface area contributed by atoms with Gasteiger partial charge in [-0.3, -0.25) is 0 Å². The Morgan fingerprint density at radius 3 is 2.77 bits per heavy atom. The number of hydrogen-bond acceptors (Lipinski definition) is 4. The average Bonchev–Trinajstić information content (AvgIpc) is 2.69. The van der Waals surface area contributed by atoms with Gasteiger partial charge in [0.1, 0.15) is 0 Å². The van der Waals surface area contributed by atoms with Gasteiger partial charge in [0.25, 0.3) is 0 Å². The zero-order chi connectivity index (χ0) is 9.27. The van der Waals surface area contributed by atoms with Gasteiger partial charge in [-0.05, 0) is 25.2 Å². The van der Waals surface area contributed by atoms with Crippen LogP contribution in [0, 0.1) is 5.92 Å². The number of carbonyl (C=O) groups is 2. The van der Waals surface area contributed by atoms with Gasteiger partial charge in [0.15, 0.2) is 0 Å². The highest BCUT2D eigenvalue weighted by Gasteiger charge is 2.86. The highest BCUT2D eigenvalue weighted by Crippen LogP contribution is 2.63. The lowest BCUT2D eigenvalue weighted by Gasteiger charge is -2.19. The summed E-state index contributed by atoms with van der Waals surface area (Å²) in [6.07, 6.45) is 2.21. The Morgan fingerprint density at radius 1 is 1.31 bits per heavy atom. The molecule has 0 amide bonds. The Bertz CT molecular complexity index is 324. The number of hydrogen-bond donors (Lipinski definition) is 0. The van der Waals surface area contributed by atoms with E-state index in [1.807, 2.05) is 0 Å². The summed E-state index contributed by atoms with van der Waals surface area (Å²) in [6, 6.07) is 0. The summed E-state index contributed by atoms with van der Waals surface area (Å²) >= 11 is 0. The van der Waals surface area contributed by atoms with Gasteiger partial charge < -0.3 is 9.47 Å². The first-order valence-electron chi connectivity index (χ1n) is 4.58. The molecule has 3 atom stereocenters. The van der Waals surface area contributed by atoms with Crippen LogP contribution in [0.1, 0.15) is 26.2 Å². The van der Waals surface area contributed by atoms with E-state index in [-0.39, 0.29) is 0 Å². The predicted molar refractivity (Wildman–Crippen MR) is 40.7 cm³/mol. The highest BCUT2D eigenvalue weighted by atomic mass is 16.7. The van der Waals surface area contributed by atoms with Crippen LogP contribution < -0.4 is 0 Å². The summed E-state index contributed by atoms with van der Waals surface area (Å²) in [5.74, 6) is -0.498. The van der Waals surface area contributed by atoms with E-state index >= 15 is 0 Å². The van der Waals surface area contributed by atoms with Crippen LogP contribution in [0.5, 0.6) is 0 Å². The van der Waals surface area contributed by atoms with Crippen molar-refractivity contribution in [1.29, 1.82) is 0 Å². The lowest BCUT2D eigenvalue weighted by atomic mass is 9.76. The average molecular weight is 182 g/mol. The van der Waals surface area contributed by atoms with E-state index in [1.165, 1.54) is 0 Å². The molecule has 1 saturated carbocycles. The second-order valence-corrected chi connectivity index (χ2v) is 4.28. The fourth-order valence-corrected chi connectivity index (χ4v) is 2.62. The first-order chi connectivity index (χ1) is 6.11. The Morgan fingerprint density at radius 2 is 2.00 bits per heavy atom. The second kappa shape index (κ2) is 1.80. The minimum absolute atomic E-state index is 0.439. The fraction of sp³-hybridized carbons (Fsp3) is 0.778. The van der Waals surface area contributed by atoms with Crippen molar-refractivity contribution in [1.82, 2.24) is 0 Å². The van der Waals surface area contributed by atoms with E-state index in [9.17, 15) is 9.59 Å². The molecule has 0 aromatic heterocycles. The number of ether oxygens (including phenoxy) is 2. The summed E-state index contributed by atoms with van der Waals surface area (Å²) in [4.78, 5) is 22.7. The van der Waals surface area contributed by atoms with E-state index in [0.29, 0.717) is 18.8 Å². The Labute approximate surface area is 75.2 Å². The third-order valence-electron chi connectivity index (χ3n) is 3.43. The molecular formula is C9H10O4. The van der Waals surface area contributed by atoms with Crippen molar-refractivity contribution in [3.05, 3.63) is 0 Å². The molecule has 0 radical (unpaired) electrons. The molecule has 0 aromatic rings. The van der Waals surface area contributed by atoms with Crippen LogP contribution in [0.25, 0.3) is 0 Å². The summed E-state index contributed by atoms with van der Waals surface area (Å²) in [7, 11) is 0. The maximum atomic E-state index is 11.4. The Balaban J connectivity index is 2.04. The number of esters is 2. The monoisotopic (exact) mass is 182 g/mol. The molecular weight excluding hydrogens is 172 g/mol. The van der Waals surface area contributed by atoms with Crippen LogP contribution in [0.3, 0.4) is 0 Å². The molecule has 0 spiro atoms. The van der Waals surface area contributed by atoms with Gasteiger partial charge in [-0.25, -0.2) is 9.59 Å². The van der Waals surface area contributed by atoms with E-state index in [2.05, 4.69) is 11.7 Å². The van der Waals surface area contributed by atoms with Crippen LogP contribution in [-0.4, -0.2) is 23.1 Å². The molecule has 0 N–H and O–H groups in total. The smallest absolute Gasteiger partial charge is 0.349 e. The van der Waals surface area contributed by atoms with Gasteiger partial charge in [-0.2, -0.15) is 0 Å². The molecule has 0 bridgehead atoms. The predicted octanol–water partition coefficient (Wildman–Crippen LogP) is 0.398. The van der Waals surface area contributed by atoms with Crippen LogP contribution in [0.2, 0.25) is 0 Å². The molecule has 2 aliphatic heterocycles. The molecule has 4 heteroatoms. The molecule has 4 nitrogen and oxygen atoms in total. The molecule has 2 heterocycles. The number of cyclic esters (lactones) is 2. The van der Waals surface area contributed by atoms with Crippen LogP contribution >= 0.6 is 0 Å². The van der Waals surface area contributed by atoms with Crippen LogP contribution in [-0.2, 0) is 19.1 Å². The van der Waals surface area contributed by atoms with Crippen molar-refractivity contribution < 1.29 is 19.1 Å². The SMILES string of the molecule is CC1CCC23OC2(C1)C(=O)OC3=O. The van der Waals surface area contributed by atoms with Gasteiger partial charge in [0.05, 0.1) is 0 Å². The van der Waals surface area contributed by atoms with Crippen LogP contribution in [0.15, 0.2) is 0 Å². The quantitative estimate of drug-likeness (QED) is 0.309. The Kier molecular flexibility index (Phi) is 1.04. The van der Waals surface area contributed by atoms with Crippen molar-refractivity contribution >= 4 is 11.9 Å². The third-order valence-corrected chi connectivity index (χ3v) is 3.43. The van der Waals surface area contributed by atoms with Crippen molar-refractivity contribution in [2.24, 2.45) is 5.92 Å². The van der Waals surface area contributed by atoms with Crippen molar-refractivity contribution in [3.8, 4) is 0 Å². The minimum atomic E-state index is -0.873. The van der Waals surface area contributed by atoms with Gasteiger partial charge in [-0.15, -0.1) is 0 Å². The zero-order valence-electron chi connectivity index (χ0n) is 7.33. The summed E-state index contributed by atoms with van der Waals surface area (Å²) in [5.41, 5.74) is -1.74. The first kappa shape index (κ1) is 7.50. The molecule has 70 valence electrons. The molecule has 2 saturated heterocycles. The lowest BCUT2D eigenvalue weighted by Crippen LogP contribution is -2.35.